The summed E-state index contributed by atoms with van der Waals surface area (Å²) in [6.07, 6.45) is -0.0657. The summed E-state index contributed by atoms with van der Waals surface area (Å²) in [7, 11) is 1.21. The third kappa shape index (κ3) is 2.87. The number of hydrogen-bond acceptors (Lipinski definition) is 4. The molecule has 0 aromatic heterocycles. The molecule has 0 unspecified atom stereocenters. The highest BCUT2D eigenvalue weighted by atomic mass is 19.1. The van der Waals surface area contributed by atoms with Crippen molar-refractivity contribution < 1.29 is 18.7 Å². The topological polar surface area (TPSA) is 69.4 Å². The van der Waals surface area contributed by atoms with Crippen molar-refractivity contribution >= 4 is 11.8 Å². The summed E-state index contributed by atoms with van der Waals surface area (Å²) in [5, 5.41) is 0. The zero-order chi connectivity index (χ0) is 12.1. The summed E-state index contributed by atoms with van der Waals surface area (Å²) in [6, 6.07) is 3.84. The highest BCUT2D eigenvalue weighted by Crippen LogP contribution is 2.12. The normalized spacial score (nSPS) is 9.94. The molecule has 0 aliphatic rings. The van der Waals surface area contributed by atoms with Crippen molar-refractivity contribution in [3.05, 3.63) is 35.1 Å². The van der Waals surface area contributed by atoms with Crippen molar-refractivity contribution in [3.8, 4) is 0 Å². The van der Waals surface area contributed by atoms with Crippen LogP contribution in [0.3, 0.4) is 0 Å². The molecule has 16 heavy (non-hydrogen) atoms. The minimum atomic E-state index is -0.615. The second kappa shape index (κ2) is 5.37. The van der Waals surface area contributed by atoms with Gasteiger partial charge in [-0.15, -0.1) is 0 Å². The quantitative estimate of drug-likeness (QED) is 0.765. The molecule has 1 aromatic rings. The van der Waals surface area contributed by atoms with E-state index >= 15 is 0 Å². The number of Topliss-reactive ketones (excluding diaryl/α,β-unsaturated/α-hetero) is 1. The van der Waals surface area contributed by atoms with Crippen molar-refractivity contribution in [2.45, 2.75) is 6.42 Å². The predicted molar refractivity (Wildman–Crippen MR) is 55.5 cm³/mol. The number of nitrogens with two attached hydrogens (primary N) is 1. The predicted octanol–water partition coefficient (Wildman–Crippen LogP) is 0.683. The van der Waals surface area contributed by atoms with E-state index in [0.717, 1.165) is 6.07 Å². The monoisotopic (exact) mass is 225 g/mol. The fraction of sp³-hybridized carbons (Fsp3) is 0.273. The summed E-state index contributed by atoms with van der Waals surface area (Å²) >= 11 is 0. The standard InChI is InChI=1S/C11H12FNO3/c1-16-11(15)8-3-2-7(10(12)5-8)4-9(14)6-13/h2-3,5H,4,6,13H2,1H3. The molecular formula is C11H12FNO3. The highest BCUT2D eigenvalue weighted by molar-refractivity contribution is 5.89. The molecule has 0 aliphatic heterocycles. The number of ketones is 1. The number of carbonyl (C=O) groups is 2. The summed E-state index contributed by atoms with van der Waals surface area (Å²) < 4.78 is 17.9. The van der Waals surface area contributed by atoms with E-state index in [1.54, 1.807) is 0 Å². The van der Waals surface area contributed by atoms with E-state index in [0.29, 0.717) is 0 Å². The van der Waals surface area contributed by atoms with Gasteiger partial charge in [0.15, 0.2) is 5.78 Å². The molecule has 0 amide bonds. The largest absolute Gasteiger partial charge is 0.465 e. The maximum absolute atomic E-state index is 13.4. The van der Waals surface area contributed by atoms with Gasteiger partial charge in [-0.25, -0.2) is 9.18 Å². The molecule has 0 saturated carbocycles. The number of methoxy groups -OCH3 is 1. The van der Waals surface area contributed by atoms with Crippen LogP contribution in [0.15, 0.2) is 18.2 Å². The van der Waals surface area contributed by atoms with E-state index < -0.39 is 11.8 Å². The van der Waals surface area contributed by atoms with E-state index in [1.165, 1.54) is 19.2 Å². The van der Waals surface area contributed by atoms with Crippen LogP contribution in [-0.4, -0.2) is 25.4 Å². The van der Waals surface area contributed by atoms with Crippen LogP contribution in [-0.2, 0) is 16.0 Å². The average Bonchev–Trinajstić information content (AvgIpc) is 2.30. The number of carbonyl (C=O) groups excluding carboxylic acids is 2. The molecule has 0 aliphatic carbocycles. The van der Waals surface area contributed by atoms with Gasteiger partial charge in [0.25, 0.3) is 0 Å². The lowest BCUT2D eigenvalue weighted by molar-refractivity contribution is -0.117. The molecular weight excluding hydrogens is 213 g/mol. The van der Waals surface area contributed by atoms with E-state index in [4.69, 9.17) is 5.73 Å². The second-order valence-corrected chi connectivity index (χ2v) is 3.22. The molecule has 0 heterocycles. The van der Waals surface area contributed by atoms with Crippen LogP contribution < -0.4 is 5.73 Å². The smallest absolute Gasteiger partial charge is 0.337 e. The molecule has 0 fully saturated rings. The Hall–Kier alpha value is -1.75. The Morgan fingerprint density at radius 2 is 2.12 bits per heavy atom. The zero-order valence-electron chi connectivity index (χ0n) is 8.83. The van der Waals surface area contributed by atoms with Gasteiger partial charge in [0.2, 0.25) is 0 Å². The molecule has 86 valence electrons. The fourth-order valence-corrected chi connectivity index (χ4v) is 1.22. The van der Waals surface area contributed by atoms with Crippen LogP contribution in [0.5, 0.6) is 0 Å². The second-order valence-electron chi connectivity index (χ2n) is 3.22. The third-order valence-corrected chi connectivity index (χ3v) is 2.09. The van der Waals surface area contributed by atoms with Crippen molar-refractivity contribution in [3.63, 3.8) is 0 Å². The lowest BCUT2D eigenvalue weighted by atomic mass is 10.1. The van der Waals surface area contributed by atoms with Crippen LogP contribution in [0, 0.1) is 5.82 Å². The van der Waals surface area contributed by atoms with Crippen LogP contribution in [0.2, 0.25) is 0 Å². The van der Waals surface area contributed by atoms with Crippen molar-refractivity contribution in [2.75, 3.05) is 13.7 Å². The average molecular weight is 225 g/mol. The minimum Gasteiger partial charge on any atom is -0.465 e. The maximum atomic E-state index is 13.4. The molecule has 1 aromatic carbocycles. The van der Waals surface area contributed by atoms with Crippen LogP contribution in [0.25, 0.3) is 0 Å². The Kier molecular flexibility index (Phi) is 4.13. The number of esters is 1. The Morgan fingerprint density at radius 3 is 2.62 bits per heavy atom. The molecule has 0 atom stereocenters. The lowest BCUT2D eigenvalue weighted by Crippen LogP contribution is -2.16. The van der Waals surface area contributed by atoms with E-state index in [2.05, 4.69) is 4.74 Å². The fourth-order valence-electron chi connectivity index (χ4n) is 1.22. The van der Waals surface area contributed by atoms with Gasteiger partial charge in [-0.2, -0.15) is 0 Å². The van der Waals surface area contributed by atoms with Crippen molar-refractivity contribution in [1.82, 2.24) is 0 Å². The molecule has 0 saturated heterocycles. The van der Waals surface area contributed by atoms with Gasteiger partial charge < -0.3 is 10.5 Å². The lowest BCUT2D eigenvalue weighted by Gasteiger charge is -2.04. The SMILES string of the molecule is COC(=O)c1ccc(CC(=O)CN)c(F)c1. The molecule has 4 nitrogen and oxygen atoms in total. The Bertz CT molecular complexity index is 418. The number of benzene rings is 1. The first-order valence-electron chi connectivity index (χ1n) is 4.67. The van der Waals surface area contributed by atoms with Crippen LogP contribution in [0.4, 0.5) is 4.39 Å². The molecule has 0 bridgehead atoms. The van der Waals surface area contributed by atoms with Crippen molar-refractivity contribution in [1.29, 1.82) is 0 Å². The van der Waals surface area contributed by atoms with Gasteiger partial charge in [0, 0.05) is 6.42 Å². The Morgan fingerprint density at radius 1 is 1.44 bits per heavy atom. The van der Waals surface area contributed by atoms with Gasteiger partial charge in [0.05, 0.1) is 19.2 Å². The van der Waals surface area contributed by atoms with Gasteiger partial charge in [0.1, 0.15) is 5.82 Å². The van der Waals surface area contributed by atoms with E-state index in [9.17, 15) is 14.0 Å². The van der Waals surface area contributed by atoms with Gasteiger partial charge in [-0.1, -0.05) is 6.07 Å². The first-order valence-corrected chi connectivity index (χ1v) is 4.67. The molecule has 0 radical (unpaired) electrons. The third-order valence-electron chi connectivity index (χ3n) is 2.09. The molecule has 1 rings (SSSR count). The van der Waals surface area contributed by atoms with Gasteiger partial charge in [-0.3, -0.25) is 4.79 Å². The molecule has 5 heteroatoms. The van der Waals surface area contributed by atoms with Crippen LogP contribution >= 0.6 is 0 Å². The number of hydrogen-bond donors (Lipinski definition) is 1. The minimum absolute atomic E-state index is 0.0657. The Labute approximate surface area is 92.2 Å². The van der Waals surface area contributed by atoms with E-state index in [1.807, 2.05) is 0 Å². The Balaban J connectivity index is 2.91. The first kappa shape index (κ1) is 12.3. The first-order chi connectivity index (χ1) is 7.58. The zero-order valence-corrected chi connectivity index (χ0v) is 8.83. The number of ether oxygens (including phenoxy) is 1. The van der Waals surface area contributed by atoms with Gasteiger partial charge in [-0.05, 0) is 17.7 Å². The summed E-state index contributed by atoms with van der Waals surface area (Å²) in [6.45, 7) is -0.127. The summed E-state index contributed by atoms with van der Waals surface area (Å²) in [5.41, 5.74) is 5.46. The maximum Gasteiger partial charge on any atom is 0.337 e. The number of rotatable bonds is 4. The van der Waals surface area contributed by atoms with Crippen LogP contribution in [0.1, 0.15) is 15.9 Å². The number of halogens is 1. The highest BCUT2D eigenvalue weighted by Gasteiger charge is 2.11. The molecule has 0 spiro atoms. The van der Waals surface area contributed by atoms with Gasteiger partial charge >= 0.3 is 5.97 Å². The van der Waals surface area contributed by atoms with E-state index in [-0.39, 0.29) is 29.9 Å². The summed E-state index contributed by atoms with van der Waals surface area (Å²) in [4.78, 5) is 22.1. The van der Waals surface area contributed by atoms with Crippen molar-refractivity contribution in [2.24, 2.45) is 5.73 Å². The molecule has 2 N–H and O–H groups in total. The summed E-state index contributed by atoms with van der Waals surface area (Å²) in [5.74, 6) is -1.48.